The van der Waals surface area contributed by atoms with Crippen molar-refractivity contribution >= 4 is 11.7 Å². The molecule has 0 saturated heterocycles. The number of nitrogens with one attached hydrogen (secondary N) is 2. The van der Waals surface area contributed by atoms with E-state index in [2.05, 4.69) is 21.9 Å². The fraction of sp³-hybridized carbons (Fsp3) is 0. The minimum Gasteiger partial charge on any atom is -0.309 e. The van der Waals surface area contributed by atoms with E-state index in [1.54, 1.807) is 0 Å². The Bertz CT molecular complexity index is 356. The van der Waals surface area contributed by atoms with Crippen LogP contribution in [0.5, 0.6) is 0 Å². The standard InChI is InChI=1S/C7H7N3O2/c1-2-6(11)9-5-3-4-8-7(12)10-5/h2-4H,1H2,(H2,8,9,10,11,12). The number of anilines is 1. The molecule has 5 heteroatoms. The van der Waals surface area contributed by atoms with Crippen LogP contribution < -0.4 is 11.0 Å². The summed E-state index contributed by atoms with van der Waals surface area (Å²) in [5.41, 5.74) is -0.503. The molecule has 0 aliphatic heterocycles. The van der Waals surface area contributed by atoms with E-state index in [4.69, 9.17) is 0 Å². The second-order valence-electron chi connectivity index (χ2n) is 1.98. The lowest BCUT2D eigenvalue weighted by molar-refractivity contribution is -0.111. The maximum absolute atomic E-state index is 10.7. The van der Waals surface area contributed by atoms with Crippen molar-refractivity contribution in [3.05, 3.63) is 35.4 Å². The maximum Gasteiger partial charge on any atom is 0.346 e. The smallest absolute Gasteiger partial charge is 0.309 e. The summed E-state index contributed by atoms with van der Waals surface area (Å²) < 4.78 is 0. The summed E-state index contributed by atoms with van der Waals surface area (Å²) in [5, 5.41) is 2.38. The van der Waals surface area contributed by atoms with E-state index < -0.39 is 5.69 Å². The Labute approximate surface area is 68.1 Å². The Morgan fingerprint density at radius 1 is 1.75 bits per heavy atom. The lowest BCUT2D eigenvalue weighted by Crippen LogP contribution is -2.15. The zero-order valence-corrected chi connectivity index (χ0v) is 6.20. The summed E-state index contributed by atoms with van der Waals surface area (Å²) in [6.45, 7) is 3.26. The van der Waals surface area contributed by atoms with E-state index in [9.17, 15) is 9.59 Å². The van der Waals surface area contributed by atoms with Crippen molar-refractivity contribution in [1.82, 2.24) is 9.97 Å². The Kier molecular flexibility index (Phi) is 2.37. The van der Waals surface area contributed by atoms with E-state index >= 15 is 0 Å². The third-order valence-electron chi connectivity index (χ3n) is 1.12. The van der Waals surface area contributed by atoms with Crippen molar-refractivity contribution in [1.29, 1.82) is 0 Å². The van der Waals surface area contributed by atoms with Crippen molar-refractivity contribution in [2.24, 2.45) is 0 Å². The molecule has 0 fully saturated rings. The van der Waals surface area contributed by atoms with Crippen LogP contribution in [-0.2, 0) is 4.79 Å². The largest absolute Gasteiger partial charge is 0.346 e. The predicted molar refractivity (Wildman–Crippen MR) is 43.7 cm³/mol. The first-order chi connectivity index (χ1) is 5.72. The fourth-order valence-electron chi connectivity index (χ4n) is 0.625. The first-order valence-corrected chi connectivity index (χ1v) is 3.21. The zero-order valence-electron chi connectivity index (χ0n) is 6.20. The van der Waals surface area contributed by atoms with Crippen LogP contribution in [0.15, 0.2) is 29.7 Å². The Morgan fingerprint density at radius 3 is 3.08 bits per heavy atom. The van der Waals surface area contributed by atoms with E-state index in [1.807, 2.05) is 0 Å². The highest BCUT2D eigenvalue weighted by molar-refractivity contribution is 5.98. The number of rotatable bonds is 2. The minimum absolute atomic E-state index is 0.305. The number of amides is 1. The molecule has 1 amide bonds. The van der Waals surface area contributed by atoms with Crippen LogP contribution >= 0.6 is 0 Å². The van der Waals surface area contributed by atoms with Gasteiger partial charge in [0.05, 0.1) is 0 Å². The molecular weight excluding hydrogens is 158 g/mol. The first kappa shape index (κ1) is 8.19. The normalized spacial score (nSPS) is 9.00. The zero-order chi connectivity index (χ0) is 8.97. The molecule has 0 aliphatic carbocycles. The van der Waals surface area contributed by atoms with Gasteiger partial charge in [-0.2, -0.15) is 0 Å². The van der Waals surface area contributed by atoms with Crippen LogP contribution in [0.3, 0.4) is 0 Å². The van der Waals surface area contributed by atoms with E-state index in [0.717, 1.165) is 6.08 Å². The molecule has 0 atom stereocenters. The van der Waals surface area contributed by atoms with Gasteiger partial charge in [-0.25, -0.2) is 9.78 Å². The fourth-order valence-corrected chi connectivity index (χ4v) is 0.625. The van der Waals surface area contributed by atoms with Gasteiger partial charge in [-0.15, -0.1) is 0 Å². The Balaban J connectivity index is 2.83. The molecule has 0 bridgehead atoms. The second kappa shape index (κ2) is 3.47. The number of hydrogen-bond acceptors (Lipinski definition) is 3. The lowest BCUT2D eigenvalue weighted by Gasteiger charge is -1.98. The molecule has 0 radical (unpaired) electrons. The van der Waals surface area contributed by atoms with Gasteiger partial charge in [0.1, 0.15) is 5.82 Å². The number of aromatic nitrogens is 2. The van der Waals surface area contributed by atoms with Gasteiger partial charge in [0.2, 0.25) is 5.91 Å². The summed E-state index contributed by atoms with van der Waals surface area (Å²) >= 11 is 0. The van der Waals surface area contributed by atoms with Gasteiger partial charge in [0.15, 0.2) is 0 Å². The molecular formula is C7H7N3O2. The van der Waals surface area contributed by atoms with Crippen molar-refractivity contribution in [3.8, 4) is 0 Å². The van der Waals surface area contributed by atoms with Gasteiger partial charge >= 0.3 is 5.69 Å². The highest BCUT2D eigenvalue weighted by Gasteiger charge is 1.95. The van der Waals surface area contributed by atoms with E-state index in [-0.39, 0.29) is 5.91 Å². The minimum atomic E-state index is -0.503. The molecule has 62 valence electrons. The van der Waals surface area contributed by atoms with Gasteiger partial charge in [-0.3, -0.25) is 9.78 Å². The highest BCUT2D eigenvalue weighted by Crippen LogP contribution is 1.94. The quantitative estimate of drug-likeness (QED) is 0.600. The number of nitrogens with zero attached hydrogens (tertiary/aromatic N) is 1. The van der Waals surface area contributed by atoms with Crippen molar-refractivity contribution in [2.75, 3.05) is 5.32 Å². The number of carbonyl (C=O) groups is 1. The monoisotopic (exact) mass is 165 g/mol. The molecule has 0 aromatic carbocycles. The third kappa shape index (κ3) is 2.05. The summed E-state index contributed by atoms with van der Waals surface area (Å²) in [6.07, 6.45) is 2.41. The average molecular weight is 165 g/mol. The number of aromatic amines is 1. The number of hydrogen-bond donors (Lipinski definition) is 2. The average Bonchev–Trinajstić information content (AvgIpc) is 2.04. The summed E-state index contributed by atoms with van der Waals surface area (Å²) in [7, 11) is 0. The van der Waals surface area contributed by atoms with Crippen LogP contribution in [0.1, 0.15) is 0 Å². The lowest BCUT2D eigenvalue weighted by atomic mass is 10.5. The highest BCUT2D eigenvalue weighted by atomic mass is 16.2. The summed E-state index contributed by atoms with van der Waals surface area (Å²) in [5.74, 6) is -0.0725. The van der Waals surface area contributed by atoms with Crippen LogP contribution in [0, 0.1) is 0 Å². The van der Waals surface area contributed by atoms with Gasteiger partial charge in [-0.05, 0) is 12.1 Å². The molecule has 0 saturated carbocycles. The first-order valence-electron chi connectivity index (χ1n) is 3.21. The van der Waals surface area contributed by atoms with E-state index in [0.29, 0.717) is 5.82 Å². The van der Waals surface area contributed by atoms with Gasteiger partial charge in [0.25, 0.3) is 0 Å². The van der Waals surface area contributed by atoms with Crippen molar-refractivity contribution in [2.45, 2.75) is 0 Å². The predicted octanol–water partition coefficient (Wildman–Crippen LogP) is -0.106. The summed E-state index contributed by atoms with van der Waals surface area (Å²) in [6, 6.07) is 1.48. The molecule has 2 N–H and O–H groups in total. The molecule has 1 aromatic rings. The van der Waals surface area contributed by atoms with Crippen molar-refractivity contribution in [3.63, 3.8) is 0 Å². The summed E-state index contributed by atoms with van der Waals surface area (Å²) in [4.78, 5) is 27.0. The molecule has 0 aliphatic rings. The third-order valence-corrected chi connectivity index (χ3v) is 1.12. The van der Waals surface area contributed by atoms with Crippen LogP contribution in [0.4, 0.5) is 5.82 Å². The van der Waals surface area contributed by atoms with Crippen LogP contribution in [-0.4, -0.2) is 15.9 Å². The van der Waals surface area contributed by atoms with Gasteiger partial charge in [-0.1, -0.05) is 6.58 Å². The van der Waals surface area contributed by atoms with Gasteiger partial charge in [0, 0.05) is 6.20 Å². The molecule has 1 heterocycles. The van der Waals surface area contributed by atoms with E-state index in [1.165, 1.54) is 12.3 Å². The SMILES string of the molecule is C=CC(=O)Nc1ccnc(=O)[nH]1. The molecule has 1 aromatic heterocycles. The maximum atomic E-state index is 10.7. The molecule has 1 rings (SSSR count). The topological polar surface area (TPSA) is 74.8 Å². The molecule has 5 nitrogen and oxygen atoms in total. The number of carbonyl (C=O) groups excluding carboxylic acids is 1. The van der Waals surface area contributed by atoms with Crippen molar-refractivity contribution < 1.29 is 4.79 Å². The Morgan fingerprint density at radius 2 is 2.50 bits per heavy atom. The van der Waals surface area contributed by atoms with Crippen LogP contribution in [0.2, 0.25) is 0 Å². The molecule has 0 spiro atoms. The van der Waals surface area contributed by atoms with Gasteiger partial charge < -0.3 is 5.32 Å². The molecule has 0 unspecified atom stereocenters. The second-order valence-corrected chi connectivity index (χ2v) is 1.98. The molecule has 12 heavy (non-hydrogen) atoms. The van der Waals surface area contributed by atoms with Crippen LogP contribution in [0.25, 0.3) is 0 Å². The Hall–Kier alpha value is -1.91. The number of H-pyrrole nitrogens is 1.